The number of hydrogen-bond acceptors (Lipinski definition) is 5. The van der Waals surface area contributed by atoms with Gasteiger partial charge in [-0.05, 0) is 20.3 Å². The highest BCUT2D eigenvalue weighted by Crippen LogP contribution is 2.35. The molecule has 0 aromatic carbocycles. The lowest BCUT2D eigenvalue weighted by Crippen LogP contribution is -2.45. The van der Waals surface area contributed by atoms with E-state index in [-0.39, 0.29) is 11.7 Å². The van der Waals surface area contributed by atoms with Gasteiger partial charge in [0.15, 0.2) is 5.76 Å². The molecule has 20 heavy (non-hydrogen) atoms. The number of esters is 1. The van der Waals surface area contributed by atoms with E-state index in [9.17, 15) is 9.59 Å². The molecular weight excluding hydrogens is 260 g/mol. The summed E-state index contributed by atoms with van der Waals surface area (Å²) in [5.41, 5.74) is -0.782. The van der Waals surface area contributed by atoms with Gasteiger partial charge in [-0.3, -0.25) is 9.59 Å². The number of ether oxygens (including phenoxy) is 3. The maximum absolute atomic E-state index is 12.3. The number of methoxy groups -OCH3 is 2. The molecular formula is C15H22O5. The van der Waals surface area contributed by atoms with E-state index in [1.165, 1.54) is 20.3 Å². The zero-order valence-corrected chi connectivity index (χ0v) is 12.9. The molecule has 1 aliphatic carbocycles. The Hall–Kier alpha value is -1.78. The molecule has 5 nitrogen and oxygen atoms in total. The molecule has 0 aliphatic heterocycles. The largest absolute Gasteiger partial charge is 0.496 e. The summed E-state index contributed by atoms with van der Waals surface area (Å²) in [6, 6.07) is 0. The molecule has 0 radical (unpaired) electrons. The second kappa shape index (κ2) is 6.11. The number of ketones is 1. The van der Waals surface area contributed by atoms with Crippen molar-refractivity contribution in [1.29, 1.82) is 0 Å². The molecule has 0 heterocycles. The highest BCUT2D eigenvalue weighted by molar-refractivity contribution is 6.02. The normalized spacial score (nSPS) is 24.1. The van der Waals surface area contributed by atoms with Crippen molar-refractivity contribution in [2.24, 2.45) is 5.92 Å². The standard InChI is InChI=1S/C15H22O5/c1-7-9(2)14(17)20-15(4)12(16)8-11(18-5)10(3)13(15)19-6/h8-9H,7H2,1-6H3/t9?,15-/m1/s1. The number of carbonyl (C=O) groups is 2. The van der Waals surface area contributed by atoms with Crippen molar-refractivity contribution in [3.8, 4) is 0 Å². The molecule has 0 N–H and O–H groups in total. The Balaban J connectivity index is 3.19. The van der Waals surface area contributed by atoms with Gasteiger partial charge >= 0.3 is 5.97 Å². The molecule has 112 valence electrons. The van der Waals surface area contributed by atoms with Crippen LogP contribution in [0.5, 0.6) is 0 Å². The lowest BCUT2D eigenvalue weighted by atomic mass is 9.88. The van der Waals surface area contributed by atoms with E-state index >= 15 is 0 Å². The van der Waals surface area contributed by atoms with Crippen molar-refractivity contribution in [3.63, 3.8) is 0 Å². The SMILES string of the molecule is CCC(C)C(=O)O[C@]1(C)C(=O)C=C(OC)C(C)=C1OC. The van der Waals surface area contributed by atoms with Gasteiger partial charge in [-0.1, -0.05) is 13.8 Å². The molecule has 5 heteroatoms. The number of hydrogen-bond donors (Lipinski definition) is 0. The van der Waals surface area contributed by atoms with Crippen LogP contribution in [-0.4, -0.2) is 31.6 Å². The Morgan fingerprint density at radius 1 is 1.35 bits per heavy atom. The molecule has 0 saturated heterocycles. The molecule has 0 aromatic heterocycles. The first kappa shape index (κ1) is 16.3. The number of carbonyl (C=O) groups excluding carboxylic acids is 2. The van der Waals surface area contributed by atoms with Crippen molar-refractivity contribution in [1.82, 2.24) is 0 Å². The number of allylic oxidation sites excluding steroid dienone is 1. The Bertz CT molecular complexity index is 475. The summed E-state index contributed by atoms with van der Waals surface area (Å²) in [4.78, 5) is 24.3. The van der Waals surface area contributed by atoms with E-state index < -0.39 is 11.6 Å². The molecule has 0 spiro atoms. The fraction of sp³-hybridized carbons (Fsp3) is 0.600. The third-order valence-corrected chi connectivity index (χ3v) is 3.62. The Labute approximate surface area is 119 Å². The van der Waals surface area contributed by atoms with Crippen molar-refractivity contribution in [2.75, 3.05) is 14.2 Å². The Morgan fingerprint density at radius 2 is 1.95 bits per heavy atom. The first-order valence-corrected chi connectivity index (χ1v) is 6.60. The van der Waals surface area contributed by atoms with Crippen LogP contribution in [0.25, 0.3) is 0 Å². The molecule has 2 atom stereocenters. The second-order valence-electron chi connectivity index (χ2n) is 5.00. The minimum absolute atomic E-state index is 0.272. The highest BCUT2D eigenvalue weighted by Gasteiger charge is 2.46. The minimum Gasteiger partial charge on any atom is -0.496 e. The zero-order chi connectivity index (χ0) is 15.5. The topological polar surface area (TPSA) is 61.8 Å². The van der Waals surface area contributed by atoms with Crippen LogP contribution in [0.4, 0.5) is 0 Å². The van der Waals surface area contributed by atoms with Gasteiger partial charge < -0.3 is 14.2 Å². The molecule has 0 saturated carbocycles. The predicted molar refractivity (Wildman–Crippen MR) is 73.8 cm³/mol. The average Bonchev–Trinajstić information content (AvgIpc) is 2.42. The van der Waals surface area contributed by atoms with E-state index in [1.54, 1.807) is 20.8 Å². The van der Waals surface area contributed by atoms with Gasteiger partial charge in [0.2, 0.25) is 11.4 Å². The highest BCUT2D eigenvalue weighted by atomic mass is 16.6. The van der Waals surface area contributed by atoms with Crippen LogP contribution in [0, 0.1) is 5.92 Å². The van der Waals surface area contributed by atoms with E-state index in [4.69, 9.17) is 14.2 Å². The van der Waals surface area contributed by atoms with E-state index in [0.29, 0.717) is 23.5 Å². The van der Waals surface area contributed by atoms with Gasteiger partial charge in [0, 0.05) is 11.6 Å². The Kier molecular flexibility index (Phi) is 4.98. The number of rotatable bonds is 5. The molecule has 1 aliphatic rings. The van der Waals surface area contributed by atoms with E-state index in [1.807, 2.05) is 6.92 Å². The second-order valence-corrected chi connectivity index (χ2v) is 5.00. The maximum Gasteiger partial charge on any atom is 0.310 e. The molecule has 0 fully saturated rings. The summed E-state index contributed by atoms with van der Waals surface area (Å²) >= 11 is 0. The first-order valence-electron chi connectivity index (χ1n) is 6.60. The molecule has 0 aromatic rings. The summed E-state index contributed by atoms with van der Waals surface area (Å²) in [6.45, 7) is 6.95. The van der Waals surface area contributed by atoms with Crippen LogP contribution in [-0.2, 0) is 23.8 Å². The Morgan fingerprint density at radius 3 is 2.40 bits per heavy atom. The van der Waals surface area contributed by atoms with Gasteiger partial charge in [0.25, 0.3) is 0 Å². The van der Waals surface area contributed by atoms with Gasteiger partial charge in [-0.25, -0.2) is 0 Å². The van der Waals surface area contributed by atoms with Crippen molar-refractivity contribution in [2.45, 2.75) is 39.7 Å². The minimum atomic E-state index is -1.43. The van der Waals surface area contributed by atoms with E-state index in [2.05, 4.69) is 0 Å². The van der Waals surface area contributed by atoms with Crippen LogP contribution in [0.2, 0.25) is 0 Å². The third kappa shape index (κ3) is 2.71. The fourth-order valence-electron chi connectivity index (χ4n) is 2.07. The van der Waals surface area contributed by atoms with Crippen LogP contribution in [0.15, 0.2) is 23.2 Å². The van der Waals surface area contributed by atoms with Gasteiger partial charge in [-0.2, -0.15) is 0 Å². The van der Waals surface area contributed by atoms with Crippen LogP contribution >= 0.6 is 0 Å². The smallest absolute Gasteiger partial charge is 0.310 e. The zero-order valence-electron chi connectivity index (χ0n) is 12.9. The fourth-order valence-corrected chi connectivity index (χ4v) is 2.07. The summed E-state index contributed by atoms with van der Waals surface area (Å²) in [5, 5.41) is 0. The van der Waals surface area contributed by atoms with Crippen LogP contribution in [0.3, 0.4) is 0 Å². The lowest BCUT2D eigenvalue weighted by molar-refractivity contribution is -0.167. The first-order chi connectivity index (χ1) is 9.31. The summed E-state index contributed by atoms with van der Waals surface area (Å²) in [7, 11) is 2.92. The summed E-state index contributed by atoms with van der Waals surface area (Å²) in [6.07, 6.45) is 1.98. The molecule has 0 bridgehead atoms. The van der Waals surface area contributed by atoms with Gasteiger partial charge in [-0.15, -0.1) is 0 Å². The quantitative estimate of drug-likeness (QED) is 0.724. The van der Waals surface area contributed by atoms with Crippen molar-refractivity contribution < 1.29 is 23.8 Å². The van der Waals surface area contributed by atoms with E-state index in [0.717, 1.165) is 0 Å². The van der Waals surface area contributed by atoms with Gasteiger partial charge in [0.1, 0.15) is 5.76 Å². The average molecular weight is 282 g/mol. The van der Waals surface area contributed by atoms with Crippen LogP contribution < -0.4 is 0 Å². The van der Waals surface area contributed by atoms with Crippen LogP contribution in [0.1, 0.15) is 34.1 Å². The van der Waals surface area contributed by atoms with Gasteiger partial charge in [0.05, 0.1) is 20.1 Å². The van der Waals surface area contributed by atoms with Crippen molar-refractivity contribution in [3.05, 3.63) is 23.2 Å². The summed E-state index contributed by atoms with van der Waals surface area (Å²) in [5.74, 6) is -0.332. The van der Waals surface area contributed by atoms with Crippen molar-refractivity contribution >= 4 is 11.8 Å². The third-order valence-electron chi connectivity index (χ3n) is 3.62. The maximum atomic E-state index is 12.3. The molecule has 0 amide bonds. The monoisotopic (exact) mass is 282 g/mol. The molecule has 1 rings (SSSR count). The molecule has 1 unspecified atom stereocenters. The predicted octanol–water partition coefficient (Wildman–Crippen LogP) is 2.37. The lowest BCUT2D eigenvalue weighted by Gasteiger charge is -2.33. The summed E-state index contributed by atoms with van der Waals surface area (Å²) < 4.78 is 15.9.